The molecule has 28 heavy (non-hydrogen) atoms. The fourth-order valence-electron chi connectivity index (χ4n) is 6.01. The first-order valence-electron chi connectivity index (χ1n) is 9.65. The second-order valence-corrected chi connectivity index (χ2v) is 8.42. The minimum absolute atomic E-state index is 0.105. The van der Waals surface area contributed by atoms with Crippen LogP contribution in [-0.2, 0) is 20.4 Å². The normalized spacial score (nSPS) is 41.6. The molecule has 0 radical (unpaired) electrons. The molecule has 0 saturated carbocycles. The zero-order chi connectivity index (χ0) is 20.1. The monoisotopic (exact) mass is 397 g/mol. The Hall–Kier alpha value is -1.64. The molecule has 152 valence electrons. The van der Waals surface area contributed by atoms with Gasteiger partial charge in [-0.15, -0.1) is 0 Å². The smallest absolute Gasteiger partial charge is 0.390 e. The fourth-order valence-corrected chi connectivity index (χ4v) is 6.01. The highest BCUT2D eigenvalue weighted by Crippen LogP contribution is 2.66. The summed E-state index contributed by atoms with van der Waals surface area (Å²) >= 11 is 0. The average molecular weight is 397 g/mol. The number of anilines is 1. The van der Waals surface area contributed by atoms with E-state index in [0.717, 1.165) is 6.07 Å². The van der Waals surface area contributed by atoms with E-state index in [0.29, 0.717) is 25.9 Å². The van der Waals surface area contributed by atoms with Crippen molar-refractivity contribution in [3.63, 3.8) is 0 Å². The molecule has 1 spiro atoms. The van der Waals surface area contributed by atoms with Crippen molar-refractivity contribution < 1.29 is 32.5 Å². The Morgan fingerprint density at radius 3 is 2.79 bits per heavy atom. The number of hydrogen-bond acceptors (Lipinski definition) is 4. The lowest BCUT2D eigenvalue weighted by Crippen LogP contribution is -2.53. The summed E-state index contributed by atoms with van der Waals surface area (Å²) in [5.41, 5.74) is -2.11. The molecule has 6 atom stereocenters. The summed E-state index contributed by atoms with van der Waals surface area (Å²) in [5, 5.41) is 10.7. The maximum Gasteiger partial charge on any atom is 0.416 e. The van der Waals surface area contributed by atoms with Gasteiger partial charge in [0.05, 0.1) is 29.8 Å². The number of amides is 1. The van der Waals surface area contributed by atoms with Crippen molar-refractivity contribution in [1.29, 1.82) is 0 Å². The number of halogens is 3. The van der Waals surface area contributed by atoms with Crippen LogP contribution in [0.1, 0.15) is 37.3 Å². The van der Waals surface area contributed by atoms with Gasteiger partial charge < -0.3 is 14.6 Å². The van der Waals surface area contributed by atoms with E-state index in [2.05, 4.69) is 0 Å². The van der Waals surface area contributed by atoms with E-state index in [1.807, 2.05) is 6.92 Å². The fraction of sp³-hybridized carbons (Fsp3) is 0.650. The van der Waals surface area contributed by atoms with Crippen LogP contribution >= 0.6 is 0 Å². The number of aliphatic hydroxyl groups is 1. The van der Waals surface area contributed by atoms with E-state index in [1.165, 1.54) is 24.0 Å². The van der Waals surface area contributed by atoms with E-state index < -0.39 is 41.2 Å². The van der Waals surface area contributed by atoms with Crippen molar-refractivity contribution in [2.24, 2.45) is 11.8 Å². The third-order valence-corrected chi connectivity index (χ3v) is 7.23. The van der Waals surface area contributed by atoms with Crippen molar-refractivity contribution in [3.05, 3.63) is 29.3 Å². The summed E-state index contributed by atoms with van der Waals surface area (Å²) in [6, 6.07) is 3.94. The number of rotatable bonds is 2. The summed E-state index contributed by atoms with van der Waals surface area (Å²) in [6.45, 7) is 3.61. The van der Waals surface area contributed by atoms with E-state index in [4.69, 9.17) is 9.47 Å². The zero-order valence-corrected chi connectivity index (χ0v) is 15.6. The van der Waals surface area contributed by atoms with E-state index in [9.17, 15) is 23.1 Å². The van der Waals surface area contributed by atoms with Gasteiger partial charge in [0.25, 0.3) is 0 Å². The number of carbonyl (C=O) groups excluding carboxylic acids is 1. The topological polar surface area (TPSA) is 59.0 Å². The van der Waals surface area contributed by atoms with Crippen molar-refractivity contribution in [1.82, 2.24) is 0 Å². The van der Waals surface area contributed by atoms with Gasteiger partial charge in [-0.2, -0.15) is 13.2 Å². The van der Waals surface area contributed by atoms with Gasteiger partial charge in [0.1, 0.15) is 11.8 Å². The summed E-state index contributed by atoms with van der Waals surface area (Å²) in [4.78, 5) is 14.8. The van der Waals surface area contributed by atoms with Crippen LogP contribution in [0.3, 0.4) is 0 Å². The number of benzene rings is 1. The standard InChI is InChI=1S/C20H22F3NO4/c1-3-19-13(25)9-18(28-19)6-7-27-17-15(18)14(19)16(26)24(17)11-5-4-10(2)12(8-11)20(21,22)23/h4-5,8,13-15,17,25H,3,6-7,9H2,1-2H3/t13-,14-,15+,17+,18+,19-/m1/s1. The van der Waals surface area contributed by atoms with Crippen LogP contribution in [-0.4, -0.2) is 41.2 Å². The van der Waals surface area contributed by atoms with Crippen molar-refractivity contribution in [3.8, 4) is 0 Å². The van der Waals surface area contributed by atoms with Crippen LogP contribution in [0.5, 0.6) is 0 Å². The highest BCUT2D eigenvalue weighted by atomic mass is 19.4. The maximum atomic E-state index is 13.4. The lowest BCUT2D eigenvalue weighted by atomic mass is 9.64. The lowest BCUT2D eigenvalue weighted by Gasteiger charge is -2.42. The lowest BCUT2D eigenvalue weighted by molar-refractivity contribution is -0.147. The van der Waals surface area contributed by atoms with Gasteiger partial charge >= 0.3 is 6.18 Å². The average Bonchev–Trinajstić information content (AvgIpc) is 3.20. The molecule has 5 nitrogen and oxygen atoms in total. The molecular weight excluding hydrogens is 375 g/mol. The predicted molar refractivity (Wildman–Crippen MR) is 92.5 cm³/mol. The first-order valence-corrected chi connectivity index (χ1v) is 9.65. The molecule has 0 aromatic heterocycles. The molecule has 1 aromatic rings. The Kier molecular flexibility index (Phi) is 3.61. The minimum atomic E-state index is -4.50. The number of aryl methyl sites for hydroxylation is 1. The number of nitrogens with zero attached hydrogens (tertiary/aromatic N) is 1. The molecule has 2 bridgehead atoms. The molecule has 1 N–H and O–H groups in total. The van der Waals surface area contributed by atoms with Crippen LogP contribution < -0.4 is 4.90 Å². The third-order valence-electron chi connectivity index (χ3n) is 7.23. The van der Waals surface area contributed by atoms with E-state index in [-0.39, 0.29) is 23.1 Å². The summed E-state index contributed by atoms with van der Waals surface area (Å²) in [6.07, 6.45) is -4.46. The Labute approximate surface area is 160 Å². The number of carbonyl (C=O) groups is 1. The maximum absolute atomic E-state index is 13.4. The van der Waals surface area contributed by atoms with E-state index >= 15 is 0 Å². The SMILES string of the molecule is CC[C@]12O[C@@]3(CCO[C@H]4[C@@H]3[C@@H]1C(=O)N4c1ccc(C)c(C(F)(F)F)c1)C[C@H]2O. The van der Waals surface area contributed by atoms with Crippen molar-refractivity contribution in [2.75, 3.05) is 11.5 Å². The quantitative estimate of drug-likeness (QED) is 0.834. The first-order chi connectivity index (χ1) is 13.1. The molecular formula is C20H22F3NO4. The largest absolute Gasteiger partial charge is 0.416 e. The molecule has 4 aliphatic rings. The molecule has 5 rings (SSSR count). The summed E-state index contributed by atoms with van der Waals surface area (Å²) in [5.74, 6) is -1.22. The Balaban J connectivity index is 1.62. The van der Waals surface area contributed by atoms with Gasteiger partial charge in [0.2, 0.25) is 5.91 Å². The molecule has 4 aliphatic heterocycles. The molecule has 1 amide bonds. The number of ether oxygens (including phenoxy) is 2. The van der Waals surface area contributed by atoms with Gasteiger partial charge in [-0.1, -0.05) is 13.0 Å². The second kappa shape index (κ2) is 5.49. The molecule has 4 saturated heterocycles. The van der Waals surface area contributed by atoms with E-state index in [1.54, 1.807) is 0 Å². The highest BCUT2D eigenvalue weighted by molar-refractivity contribution is 6.00. The highest BCUT2D eigenvalue weighted by Gasteiger charge is 2.78. The zero-order valence-electron chi connectivity index (χ0n) is 15.6. The van der Waals surface area contributed by atoms with Gasteiger partial charge in [0, 0.05) is 24.4 Å². The number of alkyl halides is 3. The van der Waals surface area contributed by atoms with Gasteiger partial charge in [0.15, 0.2) is 0 Å². The third kappa shape index (κ3) is 2.06. The molecule has 0 unspecified atom stereocenters. The number of hydrogen-bond donors (Lipinski definition) is 1. The number of fused-ring (bicyclic) bond motifs is 2. The van der Waals surface area contributed by atoms with Crippen molar-refractivity contribution >= 4 is 11.6 Å². The molecule has 8 heteroatoms. The Morgan fingerprint density at radius 1 is 1.36 bits per heavy atom. The Morgan fingerprint density at radius 2 is 2.11 bits per heavy atom. The Bertz CT molecular complexity index is 858. The van der Waals surface area contributed by atoms with Crippen LogP contribution in [0, 0.1) is 18.8 Å². The van der Waals surface area contributed by atoms with Crippen LogP contribution in [0.2, 0.25) is 0 Å². The molecule has 4 fully saturated rings. The number of aliphatic hydroxyl groups excluding tert-OH is 1. The molecule has 4 heterocycles. The van der Waals surface area contributed by atoms with Crippen molar-refractivity contribution in [2.45, 2.75) is 62.8 Å². The first kappa shape index (κ1) is 18.4. The van der Waals surface area contributed by atoms with Gasteiger partial charge in [-0.05, 0) is 31.0 Å². The van der Waals surface area contributed by atoms with Crippen LogP contribution in [0.15, 0.2) is 18.2 Å². The van der Waals surface area contributed by atoms with Gasteiger partial charge in [-0.25, -0.2) is 0 Å². The minimum Gasteiger partial charge on any atom is -0.390 e. The molecule has 1 aromatic carbocycles. The molecule has 0 aliphatic carbocycles. The summed E-state index contributed by atoms with van der Waals surface area (Å²) < 4.78 is 52.5. The van der Waals surface area contributed by atoms with Gasteiger partial charge in [-0.3, -0.25) is 9.69 Å². The summed E-state index contributed by atoms with van der Waals surface area (Å²) in [7, 11) is 0. The predicted octanol–water partition coefficient (Wildman–Crippen LogP) is 3.02. The second-order valence-electron chi connectivity index (χ2n) is 8.42. The van der Waals surface area contributed by atoms with Crippen LogP contribution in [0.4, 0.5) is 18.9 Å². The van der Waals surface area contributed by atoms with Crippen LogP contribution in [0.25, 0.3) is 0 Å².